The Morgan fingerprint density at radius 2 is 1.86 bits per heavy atom. The number of rotatable bonds is 4. The second-order valence-corrected chi connectivity index (χ2v) is 4.19. The van der Waals surface area contributed by atoms with E-state index in [4.69, 9.17) is 0 Å². The lowest BCUT2D eigenvalue weighted by Gasteiger charge is -2.16. The Morgan fingerprint density at radius 3 is 2.33 bits per heavy atom. The summed E-state index contributed by atoms with van der Waals surface area (Å²) in [6.07, 6.45) is 0. The summed E-state index contributed by atoms with van der Waals surface area (Å²) in [4.78, 5) is 23.7. The highest BCUT2D eigenvalue weighted by Gasteiger charge is 2.16. The molecule has 0 aliphatic rings. The van der Waals surface area contributed by atoms with Gasteiger partial charge in [0.1, 0.15) is 5.82 Å². The van der Waals surface area contributed by atoms with Gasteiger partial charge in [-0.2, -0.15) is 0 Å². The number of hydrogen-bond donors (Lipinski definition) is 1. The zero-order valence-electron chi connectivity index (χ0n) is 11.5. The van der Waals surface area contributed by atoms with E-state index in [9.17, 15) is 14.9 Å². The van der Waals surface area contributed by atoms with Crippen molar-refractivity contribution in [3.05, 3.63) is 52.2 Å². The number of nitrogens with zero attached hydrogens (tertiary/aromatic N) is 4. The average Bonchev–Trinajstić information content (AvgIpc) is 2.53. The van der Waals surface area contributed by atoms with Crippen LogP contribution in [0.1, 0.15) is 10.5 Å². The monoisotopic (exact) mass is 287 g/mol. The Bertz CT molecular complexity index is 655. The molecule has 1 heterocycles. The quantitative estimate of drug-likeness (QED) is 0.678. The SMILES string of the molecule is CNc1ccc(C(=O)N(C)c2ccc([N+](=O)[O-])cc2)nn1. The van der Waals surface area contributed by atoms with Crippen LogP contribution in [0.15, 0.2) is 36.4 Å². The maximum absolute atomic E-state index is 12.2. The van der Waals surface area contributed by atoms with Crippen LogP contribution in [0.3, 0.4) is 0 Å². The minimum Gasteiger partial charge on any atom is -0.372 e. The highest BCUT2D eigenvalue weighted by molar-refractivity contribution is 6.04. The molecule has 0 spiro atoms. The number of nitro groups is 1. The fourth-order valence-corrected chi connectivity index (χ4v) is 1.67. The average molecular weight is 287 g/mol. The molecule has 0 aliphatic heterocycles. The van der Waals surface area contributed by atoms with Crippen molar-refractivity contribution < 1.29 is 9.72 Å². The van der Waals surface area contributed by atoms with Crippen LogP contribution in [0.25, 0.3) is 0 Å². The number of non-ortho nitro benzene ring substituents is 1. The summed E-state index contributed by atoms with van der Waals surface area (Å²) in [7, 11) is 3.27. The van der Waals surface area contributed by atoms with Gasteiger partial charge >= 0.3 is 0 Å². The van der Waals surface area contributed by atoms with E-state index in [2.05, 4.69) is 15.5 Å². The Hall–Kier alpha value is -3.03. The van der Waals surface area contributed by atoms with Crippen molar-refractivity contribution in [1.29, 1.82) is 0 Å². The molecule has 1 aromatic carbocycles. The van der Waals surface area contributed by atoms with Crippen LogP contribution in [0.2, 0.25) is 0 Å². The van der Waals surface area contributed by atoms with Gasteiger partial charge in [0.05, 0.1) is 4.92 Å². The molecule has 0 fully saturated rings. The molecule has 8 heteroatoms. The molecule has 0 atom stereocenters. The predicted molar refractivity (Wildman–Crippen MR) is 77.4 cm³/mol. The van der Waals surface area contributed by atoms with E-state index >= 15 is 0 Å². The summed E-state index contributed by atoms with van der Waals surface area (Å²) in [5.74, 6) is 0.212. The Labute approximate surface area is 120 Å². The van der Waals surface area contributed by atoms with Gasteiger partial charge in [0.15, 0.2) is 5.69 Å². The van der Waals surface area contributed by atoms with Gasteiger partial charge in [0, 0.05) is 31.9 Å². The number of carbonyl (C=O) groups is 1. The van der Waals surface area contributed by atoms with Crippen LogP contribution >= 0.6 is 0 Å². The Kier molecular flexibility index (Phi) is 4.07. The first-order valence-electron chi connectivity index (χ1n) is 6.07. The van der Waals surface area contributed by atoms with E-state index in [0.717, 1.165) is 0 Å². The minimum atomic E-state index is -0.493. The maximum Gasteiger partial charge on any atom is 0.278 e. The second-order valence-electron chi connectivity index (χ2n) is 4.19. The van der Waals surface area contributed by atoms with Gasteiger partial charge in [-0.25, -0.2) is 0 Å². The van der Waals surface area contributed by atoms with E-state index < -0.39 is 4.92 Å². The third-order valence-corrected chi connectivity index (χ3v) is 2.89. The molecule has 8 nitrogen and oxygen atoms in total. The first-order chi connectivity index (χ1) is 10.0. The van der Waals surface area contributed by atoms with Crippen molar-refractivity contribution in [2.24, 2.45) is 0 Å². The fourth-order valence-electron chi connectivity index (χ4n) is 1.67. The molecule has 21 heavy (non-hydrogen) atoms. The zero-order chi connectivity index (χ0) is 15.4. The van der Waals surface area contributed by atoms with Crippen LogP contribution in [-0.4, -0.2) is 35.1 Å². The Balaban J connectivity index is 2.19. The van der Waals surface area contributed by atoms with Gasteiger partial charge in [-0.15, -0.1) is 10.2 Å². The normalized spacial score (nSPS) is 10.0. The first-order valence-corrected chi connectivity index (χ1v) is 6.07. The van der Waals surface area contributed by atoms with Gasteiger partial charge in [-0.3, -0.25) is 14.9 Å². The van der Waals surface area contributed by atoms with Crippen molar-refractivity contribution in [3.63, 3.8) is 0 Å². The number of benzene rings is 1. The highest BCUT2D eigenvalue weighted by Crippen LogP contribution is 2.19. The van der Waals surface area contributed by atoms with Gasteiger partial charge in [-0.1, -0.05) is 0 Å². The van der Waals surface area contributed by atoms with Gasteiger partial charge in [-0.05, 0) is 24.3 Å². The number of amides is 1. The van der Waals surface area contributed by atoms with E-state index in [1.807, 2.05) is 0 Å². The second kappa shape index (κ2) is 5.95. The smallest absolute Gasteiger partial charge is 0.278 e. The topological polar surface area (TPSA) is 101 Å². The number of nitro benzene ring substituents is 1. The van der Waals surface area contributed by atoms with E-state index in [-0.39, 0.29) is 17.3 Å². The summed E-state index contributed by atoms with van der Waals surface area (Å²) < 4.78 is 0. The number of nitrogens with one attached hydrogen (secondary N) is 1. The molecule has 0 bridgehead atoms. The van der Waals surface area contributed by atoms with E-state index in [1.165, 1.54) is 29.2 Å². The molecule has 2 aromatic rings. The summed E-state index contributed by atoms with van der Waals surface area (Å²) >= 11 is 0. The molecule has 1 N–H and O–H groups in total. The van der Waals surface area contributed by atoms with Crippen molar-refractivity contribution in [2.75, 3.05) is 24.3 Å². The third kappa shape index (κ3) is 3.11. The van der Waals surface area contributed by atoms with Gasteiger partial charge in [0.2, 0.25) is 0 Å². The van der Waals surface area contributed by atoms with Crippen LogP contribution in [0, 0.1) is 10.1 Å². The first kappa shape index (κ1) is 14.4. The van der Waals surface area contributed by atoms with E-state index in [1.54, 1.807) is 26.2 Å². The molecule has 2 rings (SSSR count). The predicted octanol–water partition coefficient (Wildman–Crippen LogP) is 1.70. The molecule has 1 amide bonds. The number of anilines is 2. The van der Waals surface area contributed by atoms with Crippen molar-refractivity contribution in [1.82, 2.24) is 10.2 Å². The van der Waals surface area contributed by atoms with Crippen LogP contribution < -0.4 is 10.2 Å². The molecular weight excluding hydrogens is 274 g/mol. The molecule has 108 valence electrons. The minimum absolute atomic E-state index is 0.0298. The Morgan fingerprint density at radius 1 is 1.19 bits per heavy atom. The molecule has 0 saturated heterocycles. The lowest BCUT2D eigenvalue weighted by molar-refractivity contribution is -0.384. The largest absolute Gasteiger partial charge is 0.372 e. The van der Waals surface area contributed by atoms with Crippen LogP contribution in [-0.2, 0) is 0 Å². The molecule has 0 aliphatic carbocycles. The summed E-state index contributed by atoms with van der Waals surface area (Å²) in [5, 5.41) is 21.1. The highest BCUT2D eigenvalue weighted by atomic mass is 16.6. The van der Waals surface area contributed by atoms with Crippen LogP contribution in [0.4, 0.5) is 17.2 Å². The van der Waals surface area contributed by atoms with Crippen molar-refractivity contribution >= 4 is 23.1 Å². The molecule has 0 saturated carbocycles. The summed E-state index contributed by atoms with van der Waals surface area (Å²) in [6.45, 7) is 0. The lowest BCUT2D eigenvalue weighted by atomic mass is 10.2. The standard InChI is InChI=1S/C13H13N5O3/c1-14-12-8-7-11(15-16-12)13(19)17(2)9-3-5-10(6-4-9)18(20)21/h3-8H,1-2H3,(H,14,16). The lowest BCUT2D eigenvalue weighted by Crippen LogP contribution is -2.27. The summed E-state index contributed by atoms with van der Waals surface area (Å²) in [6, 6.07) is 8.90. The maximum atomic E-state index is 12.2. The number of carbonyl (C=O) groups excluding carboxylic acids is 1. The molecular formula is C13H13N5O3. The summed E-state index contributed by atoms with van der Waals surface area (Å²) in [5.41, 5.74) is 0.692. The number of aromatic nitrogens is 2. The van der Waals surface area contributed by atoms with Crippen molar-refractivity contribution in [3.8, 4) is 0 Å². The zero-order valence-corrected chi connectivity index (χ0v) is 11.5. The van der Waals surface area contributed by atoms with Crippen LogP contribution in [0.5, 0.6) is 0 Å². The fraction of sp³-hybridized carbons (Fsp3) is 0.154. The molecule has 0 unspecified atom stereocenters. The van der Waals surface area contributed by atoms with E-state index in [0.29, 0.717) is 11.5 Å². The van der Waals surface area contributed by atoms with Gasteiger partial charge in [0.25, 0.3) is 11.6 Å². The van der Waals surface area contributed by atoms with Gasteiger partial charge < -0.3 is 10.2 Å². The van der Waals surface area contributed by atoms with Crippen molar-refractivity contribution in [2.45, 2.75) is 0 Å². The number of hydrogen-bond acceptors (Lipinski definition) is 6. The molecule has 1 aromatic heterocycles. The molecule has 0 radical (unpaired) electrons. The third-order valence-electron chi connectivity index (χ3n) is 2.89.